The third-order valence-electron chi connectivity index (χ3n) is 2.10. The van der Waals surface area contributed by atoms with E-state index < -0.39 is 0 Å². The molecule has 1 unspecified atom stereocenters. The Hall–Kier alpha value is -0.520. The van der Waals surface area contributed by atoms with Crippen LogP contribution in [-0.4, -0.2) is 30.6 Å². The largest absolute Gasteiger partial charge is 0.320 e. The van der Waals surface area contributed by atoms with Gasteiger partial charge in [-0.25, -0.2) is 0 Å². The Morgan fingerprint density at radius 1 is 1.45 bits per heavy atom. The predicted octanol–water partition coefficient (Wildman–Crippen LogP) is 0.433. The van der Waals surface area contributed by atoms with E-state index in [0.717, 1.165) is 0 Å². The number of rotatable bonds is 1. The first-order valence-electron chi connectivity index (χ1n) is 4.27. The summed E-state index contributed by atoms with van der Waals surface area (Å²) in [5.41, 5.74) is 5.28. The van der Waals surface area contributed by atoms with Crippen LogP contribution in [-0.2, 0) is 0 Å². The number of likely N-dealkylation sites (tertiary alicyclic amines) is 1. The van der Waals surface area contributed by atoms with Crippen LogP contribution in [0, 0.1) is 11.8 Å². The van der Waals surface area contributed by atoms with Crippen LogP contribution in [0.15, 0.2) is 0 Å². The number of hydrogen-bond acceptors (Lipinski definition) is 2. The van der Waals surface area contributed by atoms with Gasteiger partial charge in [-0.1, -0.05) is 11.8 Å². The van der Waals surface area contributed by atoms with Gasteiger partial charge >= 0.3 is 0 Å². The number of nitrogens with zero attached hydrogens (tertiary/aromatic N) is 1. The van der Waals surface area contributed by atoms with Gasteiger partial charge < -0.3 is 5.73 Å². The van der Waals surface area contributed by atoms with E-state index in [2.05, 4.69) is 23.7 Å². The average Bonchev–Trinajstić information content (AvgIpc) is 2.52. The molecule has 1 rings (SSSR count). The van der Waals surface area contributed by atoms with Crippen molar-refractivity contribution in [2.45, 2.75) is 25.8 Å². The van der Waals surface area contributed by atoms with Crippen molar-refractivity contribution in [2.24, 2.45) is 5.73 Å². The molecule has 1 aliphatic heterocycles. The zero-order valence-corrected chi connectivity index (χ0v) is 7.14. The van der Waals surface area contributed by atoms with E-state index in [9.17, 15) is 0 Å². The summed E-state index contributed by atoms with van der Waals surface area (Å²) in [5.74, 6) is 6.04. The van der Waals surface area contributed by atoms with Crippen molar-refractivity contribution in [3.8, 4) is 11.8 Å². The fraction of sp³-hybridized carbons (Fsp3) is 0.778. The molecule has 0 aromatic heterocycles. The highest BCUT2D eigenvalue weighted by atomic mass is 15.2. The summed E-state index contributed by atoms with van der Waals surface area (Å²) >= 11 is 0. The third-order valence-corrected chi connectivity index (χ3v) is 2.10. The van der Waals surface area contributed by atoms with Gasteiger partial charge in [0.05, 0.1) is 12.6 Å². The minimum absolute atomic E-state index is 0.404. The van der Waals surface area contributed by atoms with Crippen molar-refractivity contribution < 1.29 is 0 Å². The molecule has 2 nitrogen and oxygen atoms in total. The SMILES string of the molecule is CC(C#CCN)N1CCCC1. The van der Waals surface area contributed by atoms with Gasteiger partial charge in [0.25, 0.3) is 0 Å². The number of nitrogens with two attached hydrogens (primary N) is 1. The van der Waals surface area contributed by atoms with Gasteiger partial charge in [-0.15, -0.1) is 0 Å². The summed E-state index contributed by atoms with van der Waals surface area (Å²) < 4.78 is 0. The molecule has 1 heterocycles. The van der Waals surface area contributed by atoms with Gasteiger partial charge in [0, 0.05) is 0 Å². The molecule has 0 amide bonds. The summed E-state index contributed by atoms with van der Waals surface area (Å²) in [4.78, 5) is 2.41. The first-order chi connectivity index (χ1) is 5.34. The zero-order valence-electron chi connectivity index (χ0n) is 7.14. The second-order valence-corrected chi connectivity index (χ2v) is 2.94. The lowest BCUT2D eigenvalue weighted by Gasteiger charge is -2.17. The standard InChI is InChI=1S/C9H16N2/c1-9(5-4-6-10)11-7-2-3-8-11/h9H,2-3,6-8,10H2,1H3. The summed E-state index contributed by atoms with van der Waals surface area (Å²) in [7, 11) is 0. The van der Waals surface area contributed by atoms with Crippen molar-refractivity contribution >= 4 is 0 Å². The van der Waals surface area contributed by atoms with E-state index in [1.165, 1.54) is 25.9 Å². The van der Waals surface area contributed by atoms with Crippen molar-refractivity contribution in [3.63, 3.8) is 0 Å². The second-order valence-electron chi connectivity index (χ2n) is 2.94. The van der Waals surface area contributed by atoms with Crippen LogP contribution in [0.3, 0.4) is 0 Å². The first-order valence-corrected chi connectivity index (χ1v) is 4.27. The molecule has 1 atom stereocenters. The van der Waals surface area contributed by atoms with E-state index in [4.69, 9.17) is 5.73 Å². The van der Waals surface area contributed by atoms with Crippen LogP contribution in [0.4, 0.5) is 0 Å². The normalized spacial score (nSPS) is 20.9. The molecule has 2 heteroatoms. The lowest BCUT2D eigenvalue weighted by Crippen LogP contribution is -2.28. The quantitative estimate of drug-likeness (QED) is 0.552. The van der Waals surface area contributed by atoms with Crippen molar-refractivity contribution in [2.75, 3.05) is 19.6 Å². The Morgan fingerprint density at radius 2 is 2.09 bits per heavy atom. The first kappa shape index (κ1) is 8.58. The molecule has 0 saturated carbocycles. The van der Waals surface area contributed by atoms with Crippen LogP contribution in [0.5, 0.6) is 0 Å². The molecule has 1 fully saturated rings. The Balaban J connectivity index is 2.33. The van der Waals surface area contributed by atoms with E-state index in [1.54, 1.807) is 0 Å². The fourth-order valence-corrected chi connectivity index (χ4v) is 1.43. The predicted molar refractivity (Wildman–Crippen MR) is 47.1 cm³/mol. The molecule has 0 aliphatic carbocycles. The van der Waals surface area contributed by atoms with E-state index in [1.807, 2.05) is 0 Å². The summed E-state index contributed by atoms with van der Waals surface area (Å²) in [6.45, 7) is 5.05. The average molecular weight is 152 g/mol. The second kappa shape index (κ2) is 4.38. The zero-order chi connectivity index (χ0) is 8.10. The highest BCUT2D eigenvalue weighted by Gasteiger charge is 2.15. The Bertz CT molecular complexity index is 160. The molecule has 62 valence electrons. The summed E-state index contributed by atoms with van der Waals surface area (Å²) in [6.07, 6.45) is 2.66. The van der Waals surface area contributed by atoms with Gasteiger partial charge in [-0.05, 0) is 32.9 Å². The lowest BCUT2D eigenvalue weighted by molar-refractivity contribution is 0.308. The third kappa shape index (κ3) is 2.53. The molecule has 1 aliphatic rings. The van der Waals surface area contributed by atoms with Crippen LogP contribution in [0.2, 0.25) is 0 Å². The fourth-order valence-electron chi connectivity index (χ4n) is 1.43. The van der Waals surface area contributed by atoms with Gasteiger partial charge in [0.15, 0.2) is 0 Å². The number of hydrogen-bond donors (Lipinski definition) is 1. The van der Waals surface area contributed by atoms with Gasteiger partial charge in [-0.2, -0.15) is 0 Å². The van der Waals surface area contributed by atoms with Gasteiger partial charge in [0.1, 0.15) is 0 Å². The van der Waals surface area contributed by atoms with Crippen LogP contribution in [0.1, 0.15) is 19.8 Å². The van der Waals surface area contributed by atoms with Crippen molar-refractivity contribution in [1.29, 1.82) is 0 Å². The summed E-state index contributed by atoms with van der Waals surface area (Å²) in [6, 6.07) is 0.404. The highest BCUT2D eigenvalue weighted by molar-refractivity contribution is 5.07. The topological polar surface area (TPSA) is 29.3 Å². The smallest absolute Gasteiger partial charge is 0.0686 e. The van der Waals surface area contributed by atoms with E-state index in [0.29, 0.717) is 12.6 Å². The lowest BCUT2D eigenvalue weighted by atomic mass is 10.3. The van der Waals surface area contributed by atoms with Crippen LogP contribution in [0.25, 0.3) is 0 Å². The van der Waals surface area contributed by atoms with Crippen LogP contribution < -0.4 is 5.73 Å². The van der Waals surface area contributed by atoms with Gasteiger partial charge in [0.2, 0.25) is 0 Å². The molecule has 1 saturated heterocycles. The van der Waals surface area contributed by atoms with E-state index in [-0.39, 0.29) is 0 Å². The van der Waals surface area contributed by atoms with Gasteiger partial charge in [-0.3, -0.25) is 4.90 Å². The Morgan fingerprint density at radius 3 is 2.64 bits per heavy atom. The Labute approximate surface area is 68.8 Å². The maximum absolute atomic E-state index is 5.28. The molecule has 0 bridgehead atoms. The molecule has 11 heavy (non-hydrogen) atoms. The molecule has 2 N–H and O–H groups in total. The molecule has 0 spiro atoms. The van der Waals surface area contributed by atoms with E-state index >= 15 is 0 Å². The maximum Gasteiger partial charge on any atom is 0.0686 e. The minimum Gasteiger partial charge on any atom is -0.320 e. The Kier molecular flexibility index (Phi) is 3.41. The molecular formula is C9H16N2. The highest BCUT2D eigenvalue weighted by Crippen LogP contribution is 2.10. The molecule has 0 radical (unpaired) electrons. The monoisotopic (exact) mass is 152 g/mol. The maximum atomic E-state index is 5.28. The molecule has 0 aromatic rings. The van der Waals surface area contributed by atoms with Crippen LogP contribution >= 0.6 is 0 Å². The summed E-state index contributed by atoms with van der Waals surface area (Å²) in [5, 5.41) is 0. The van der Waals surface area contributed by atoms with Crippen molar-refractivity contribution in [1.82, 2.24) is 4.90 Å². The molecular weight excluding hydrogens is 136 g/mol. The molecule has 0 aromatic carbocycles. The van der Waals surface area contributed by atoms with Crippen molar-refractivity contribution in [3.05, 3.63) is 0 Å². The minimum atomic E-state index is 0.404.